The Bertz CT molecular complexity index is 684. The number of nitrogens with zero attached hydrogens (tertiary/aromatic N) is 4. The molecule has 0 radical (unpaired) electrons. The third-order valence-electron chi connectivity index (χ3n) is 3.08. The molecule has 2 heterocycles. The van der Waals surface area contributed by atoms with Crippen LogP contribution in [0.5, 0.6) is 0 Å². The molecule has 1 unspecified atom stereocenters. The largest absolute Gasteiger partial charge is 0.368 e. The van der Waals surface area contributed by atoms with Gasteiger partial charge in [0, 0.05) is 12.0 Å². The van der Waals surface area contributed by atoms with Crippen LogP contribution in [-0.2, 0) is 24.8 Å². The van der Waals surface area contributed by atoms with Crippen LogP contribution in [0.15, 0.2) is 12.5 Å². The lowest BCUT2D eigenvalue weighted by molar-refractivity contribution is 0.0780. The maximum atomic E-state index is 12.4. The summed E-state index contributed by atoms with van der Waals surface area (Å²) in [5, 5.41) is 4.15. The van der Waals surface area contributed by atoms with E-state index in [1.165, 1.54) is 10.8 Å². The predicted octanol–water partition coefficient (Wildman–Crippen LogP) is 2.90. The number of anilines is 1. The van der Waals surface area contributed by atoms with E-state index in [2.05, 4.69) is 15.1 Å². The average Bonchev–Trinajstić information content (AvgIpc) is 3.00. The molecule has 0 amide bonds. The minimum absolute atomic E-state index is 0.0911. The van der Waals surface area contributed by atoms with Crippen LogP contribution in [0.25, 0.3) is 5.65 Å². The Morgan fingerprint density at radius 1 is 1.24 bits per heavy atom. The molecule has 0 aliphatic heterocycles. The van der Waals surface area contributed by atoms with Crippen LogP contribution in [0.2, 0.25) is 0 Å². The zero-order chi connectivity index (χ0) is 18.9. The summed E-state index contributed by atoms with van der Waals surface area (Å²) in [5.74, 6) is 0.270. The van der Waals surface area contributed by atoms with E-state index in [1.807, 2.05) is 20.8 Å². The second-order valence-corrected chi connectivity index (χ2v) is 6.89. The smallest absolute Gasteiger partial charge is 0.356 e. The first-order valence-corrected chi connectivity index (χ1v) is 10.1. The molecule has 0 saturated carbocycles. The second-order valence-electron chi connectivity index (χ2n) is 4.89. The zero-order valence-corrected chi connectivity index (χ0v) is 16.4. The fourth-order valence-corrected chi connectivity index (χ4v) is 3.56. The van der Waals surface area contributed by atoms with Gasteiger partial charge >= 0.3 is 7.60 Å². The highest BCUT2D eigenvalue weighted by Crippen LogP contribution is 2.48. The fraction of sp³-hybridized carbons (Fsp3) is 0.667. The third kappa shape index (κ3) is 6.04. The number of ether oxygens (including phenoxy) is 1. The van der Waals surface area contributed by atoms with Crippen LogP contribution in [-0.4, -0.2) is 45.2 Å². The number of hydrogen-bond acceptors (Lipinski definition) is 8. The molecule has 9 nitrogen and oxygen atoms in total. The van der Waals surface area contributed by atoms with E-state index >= 15 is 0 Å². The lowest BCUT2D eigenvalue weighted by Crippen LogP contribution is -2.14. The van der Waals surface area contributed by atoms with Gasteiger partial charge in [-0.1, -0.05) is 13.8 Å². The molecular formula is C15H28N5O4P. The number of fused-ring (bicyclic) bond motifs is 1. The molecule has 0 aromatic carbocycles. The first kappa shape index (κ1) is 21.5. The van der Waals surface area contributed by atoms with E-state index in [-0.39, 0.29) is 18.4 Å². The molecular weight excluding hydrogens is 345 g/mol. The zero-order valence-electron chi connectivity index (χ0n) is 15.5. The van der Waals surface area contributed by atoms with Crippen LogP contribution in [0.1, 0.15) is 40.2 Å². The van der Waals surface area contributed by atoms with Crippen molar-refractivity contribution in [3.05, 3.63) is 18.1 Å². The van der Waals surface area contributed by atoms with Crippen LogP contribution in [0.3, 0.4) is 0 Å². The Hall–Kier alpha value is -1.54. The lowest BCUT2D eigenvalue weighted by atomic mass is 10.2. The summed E-state index contributed by atoms with van der Waals surface area (Å²) in [6.45, 7) is 10.0. The molecule has 2 N–H and O–H groups in total. The maximum absolute atomic E-state index is 12.4. The van der Waals surface area contributed by atoms with Crippen molar-refractivity contribution in [1.82, 2.24) is 19.6 Å². The van der Waals surface area contributed by atoms with Gasteiger partial charge in [-0.25, -0.2) is 9.97 Å². The number of nitrogen functional groups attached to an aromatic ring is 1. The minimum atomic E-state index is -3.21. The van der Waals surface area contributed by atoms with E-state index in [0.717, 1.165) is 5.56 Å². The van der Waals surface area contributed by atoms with E-state index in [4.69, 9.17) is 19.5 Å². The van der Waals surface area contributed by atoms with Crippen LogP contribution in [0.4, 0.5) is 5.95 Å². The van der Waals surface area contributed by atoms with Crippen LogP contribution in [0, 0.1) is 0 Å². The van der Waals surface area contributed by atoms with Gasteiger partial charge in [0.2, 0.25) is 5.95 Å². The maximum Gasteiger partial charge on any atom is 0.356 e. The van der Waals surface area contributed by atoms with Crippen molar-refractivity contribution in [2.75, 3.05) is 25.3 Å². The molecule has 2 aromatic rings. The van der Waals surface area contributed by atoms with Crippen molar-refractivity contribution in [2.45, 2.75) is 47.1 Å². The Kier molecular flexibility index (Phi) is 8.99. The molecule has 1 atom stereocenters. The molecule has 0 spiro atoms. The highest BCUT2D eigenvalue weighted by Gasteiger charge is 2.25. The Balaban J connectivity index is 0.00000151. The van der Waals surface area contributed by atoms with Crippen molar-refractivity contribution in [2.24, 2.45) is 0 Å². The number of nitrogens with two attached hydrogens (primary N) is 1. The second kappa shape index (κ2) is 10.5. The van der Waals surface area contributed by atoms with Crippen LogP contribution < -0.4 is 5.73 Å². The van der Waals surface area contributed by atoms with E-state index in [1.54, 1.807) is 20.0 Å². The van der Waals surface area contributed by atoms with Crippen molar-refractivity contribution in [3.63, 3.8) is 0 Å². The van der Waals surface area contributed by atoms with Gasteiger partial charge in [0.05, 0.1) is 25.5 Å². The van der Waals surface area contributed by atoms with Gasteiger partial charge in [0.15, 0.2) is 5.65 Å². The lowest BCUT2D eigenvalue weighted by Gasteiger charge is -2.19. The third-order valence-corrected chi connectivity index (χ3v) is 4.85. The molecule has 0 bridgehead atoms. The van der Waals surface area contributed by atoms with Gasteiger partial charge < -0.3 is 19.5 Å². The van der Waals surface area contributed by atoms with Gasteiger partial charge in [0.1, 0.15) is 12.7 Å². The van der Waals surface area contributed by atoms with Gasteiger partial charge in [-0.2, -0.15) is 9.61 Å². The normalized spacial score (nSPS) is 12.7. The SMILES string of the molecule is CC.CCOP(=O)(COC(C)Cc1cnn2c(N)ncnc12)OCC. The average molecular weight is 373 g/mol. The van der Waals surface area contributed by atoms with E-state index < -0.39 is 7.60 Å². The first-order chi connectivity index (χ1) is 12.0. The molecule has 0 aliphatic rings. The summed E-state index contributed by atoms with van der Waals surface area (Å²) >= 11 is 0. The van der Waals surface area contributed by atoms with Gasteiger partial charge in [-0.05, 0) is 20.8 Å². The van der Waals surface area contributed by atoms with E-state index in [9.17, 15) is 4.57 Å². The van der Waals surface area contributed by atoms with Crippen molar-refractivity contribution in [3.8, 4) is 0 Å². The molecule has 2 rings (SSSR count). The molecule has 142 valence electrons. The molecule has 2 aromatic heterocycles. The summed E-state index contributed by atoms with van der Waals surface area (Å²) in [6, 6.07) is 0. The minimum Gasteiger partial charge on any atom is -0.368 e. The summed E-state index contributed by atoms with van der Waals surface area (Å²) in [4.78, 5) is 8.05. The van der Waals surface area contributed by atoms with Crippen LogP contribution >= 0.6 is 7.60 Å². The van der Waals surface area contributed by atoms with Crippen molar-refractivity contribution in [1.29, 1.82) is 0 Å². The predicted molar refractivity (Wildman–Crippen MR) is 96.5 cm³/mol. The highest BCUT2D eigenvalue weighted by molar-refractivity contribution is 7.53. The Labute approximate surface area is 148 Å². The fourth-order valence-electron chi connectivity index (χ4n) is 2.11. The molecule has 0 fully saturated rings. The monoisotopic (exact) mass is 373 g/mol. The summed E-state index contributed by atoms with van der Waals surface area (Å²) < 4.78 is 29.9. The van der Waals surface area contributed by atoms with Gasteiger partial charge in [0.25, 0.3) is 0 Å². The summed E-state index contributed by atoms with van der Waals surface area (Å²) in [6.07, 6.45) is 3.29. The van der Waals surface area contributed by atoms with Crippen molar-refractivity contribution >= 4 is 19.2 Å². The highest BCUT2D eigenvalue weighted by atomic mass is 31.2. The van der Waals surface area contributed by atoms with Crippen molar-refractivity contribution < 1.29 is 18.3 Å². The quantitative estimate of drug-likeness (QED) is 0.667. The Morgan fingerprint density at radius 3 is 2.48 bits per heavy atom. The molecule has 0 aliphatic carbocycles. The summed E-state index contributed by atoms with van der Waals surface area (Å²) in [7, 11) is -3.21. The molecule has 10 heteroatoms. The van der Waals surface area contributed by atoms with E-state index in [0.29, 0.717) is 25.3 Å². The first-order valence-electron chi connectivity index (χ1n) is 8.42. The number of hydrogen-bond donors (Lipinski definition) is 1. The topological polar surface area (TPSA) is 114 Å². The number of aromatic nitrogens is 4. The standard InChI is InChI=1S/C13H22N5O4P.C2H6/c1-4-21-23(19,22-5-2)9-20-10(3)6-11-7-17-18-12(11)15-8-16-13(18)14;1-2/h7-8,10H,4-6,9H2,1-3H3,(H2,14,15,16);1-2H3. The Morgan fingerprint density at radius 2 is 1.88 bits per heavy atom. The molecule has 0 saturated heterocycles. The number of rotatable bonds is 9. The summed E-state index contributed by atoms with van der Waals surface area (Å²) in [5.41, 5.74) is 7.23. The van der Waals surface area contributed by atoms with Gasteiger partial charge in [-0.15, -0.1) is 0 Å². The van der Waals surface area contributed by atoms with Gasteiger partial charge in [-0.3, -0.25) is 4.57 Å². The molecule has 25 heavy (non-hydrogen) atoms.